The first-order chi connectivity index (χ1) is 19.0. The summed E-state index contributed by atoms with van der Waals surface area (Å²) in [5.41, 5.74) is 4.75. The minimum absolute atomic E-state index is 0.109. The van der Waals surface area contributed by atoms with Gasteiger partial charge in [-0.25, -0.2) is 4.79 Å². The van der Waals surface area contributed by atoms with Crippen LogP contribution in [0.15, 0.2) is 79.3 Å². The van der Waals surface area contributed by atoms with Crippen molar-refractivity contribution >= 4 is 22.6 Å². The van der Waals surface area contributed by atoms with Gasteiger partial charge in [0.05, 0.1) is 23.4 Å². The minimum atomic E-state index is -0.458. The van der Waals surface area contributed by atoms with Gasteiger partial charge in [0.2, 0.25) is 0 Å². The van der Waals surface area contributed by atoms with E-state index in [1.165, 1.54) is 0 Å². The number of para-hydroxylation sites is 1. The van der Waals surface area contributed by atoms with Crippen molar-refractivity contribution in [2.45, 2.75) is 20.1 Å². The number of allylic oxidation sites excluding steroid dienone is 2. The van der Waals surface area contributed by atoms with E-state index in [9.17, 15) is 9.90 Å². The number of fused-ring (bicyclic) bond motifs is 1. The lowest BCUT2D eigenvalue weighted by Crippen LogP contribution is -2.15. The molecular weight excluding hydrogens is 492 g/mol. The van der Waals surface area contributed by atoms with Crippen LogP contribution >= 0.6 is 0 Å². The summed E-state index contributed by atoms with van der Waals surface area (Å²) in [5, 5.41) is 15.5. The molecule has 1 aliphatic rings. The van der Waals surface area contributed by atoms with Gasteiger partial charge < -0.3 is 29.4 Å². The largest absolute Gasteiger partial charge is 0.507 e. The van der Waals surface area contributed by atoms with Gasteiger partial charge in [-0.2, -0.15) is 0 Å². The zero-order valence-electron chi connectivity index (χ0n) is 22.3. The van der Waals surface area contributed by atoms with E-state index in [4.69, 9.17) is 9.47 Å². The average molecular weight is 525 g/mol. The number of phenols is 1. The highest BCUT2D eigenvalue weighted by atomic mass is 16.5. The molecule has 8 nitrogen and oxygen atoms in total. The van der Waals surface area contributed by atoms with Crippen LogP contribution < -0.4 is 10.1 Å². The number of aromatic hydroxyl groups is 1. The molecule has 1 aliphatic heterocycles. The Bertz CT molecular complexity index is 1540. The quantitative estimate of drug-likeness (QED) is 0.292. The van der Waals surface area contributed by atoms with E-state index in [2.05, 4.69) is 16.4 Å². The fourth-order valence-electron chi connectivity index (χ4n) is 4.91. The monoisotopic (exact) mass is 524 g/mol. The van der Waals surface area contributed by atoms with E-state index in [0.717, 1.165) is 16.8 Å². The molecular formula is C31H32N4O4. The second-order valence-corrected chi connectivity index (χ2v) is 9.47. The third kappa shape index (κ3) is 5.24. The number of pyridine rings is 1. The van der Waals surface area contributed by atoms with Crippen molar-refractivity contribution in [1.82, 2.24) is 19.8 Å². The molecule has 0 saturated heterocycles. The number of rotatable bonds is 9. The minimum Gasteiger partial charge on any atom is -0.507 e. The first-order valence-corrected chi connectivity index (χ1v) is 12.9. The van der Waals surface area contributed by atoms with E-state index in [1.807, 2.05) is 84.4 Å². The van der Waals surface area contributed by atoms with E-state index >= 15 is 0 Å². The highest BCUT2D eigenvalue weighted by molar-refractivity contribution is 6.10. The van der Waals surface area contributed by atoms with Crippen LogP contribution in [0.1, 0.15) is 28.5 Å². The Morgan fingerprint density at radius 1 is 1.18 bits per heavy atom. The highest BCUT2D eigenvalue weighted by Gasteiger charge is 2.30. The van der Waals surface area contributed by atoms with E-state index in [0.29, 0.717) is 46.6 Å². The number of esters is 1. The van der Waals surface area contributed by atoms with Crippen LogP contribution in [0, 0.1) is 0 Å². The molecule has 8 heteroatoms. The van der Waals surface area contributed by atoms with Crippen LogP contribution in [0.4, 0.5) is 0 Å². The maximum Gasteiger partial charge on any atom is 0.340 e. The molecule has 2 aromatic heterocycles. The van der Waals surface area contributed by atoms with E-state index < -0.39 is 5.97 Å². The van der Waals surface area contributed by atoms with Gasteiger partial charge in [0.1, 0.15) is 18.1 Å². The third-order valence-corrected chi connectivity index (χ3v) is 6.53. The molecule has 5 rings (SSSR count). The van der Waals surface area contributed by atoms with Crippen molar-refractivity contribution in [2.24, 2.45) is 0 Å². The van der Waals surface area contributed by atoms with Crippen LogP contribution in [0.5, 0.6) is 11.5 Å². The zero-order valence-corrected chi connectivity index (χ0v) is 22.3. The number of hydrogen-bond acceptors (Lipinski definition) is 7. The highest BCUT2D eigenvalue weighted by Crippen LogP contribution is 2.43. The predicted molar refractivity (Wildman–Crippen MR) is 152 cm³/mol. The Hall–Kier alpha value is -4.56. The van der Waals surface area contributed by atoms with Gasteiger partial charge >= 0.3 is 5.97 Å². The number of benzene rings is 2. The van der Waals surface area contributed by atoms with Gasteiger partial charge in [-0.05, 0) is 63.6 Å². The third-order valence-electron chi connectivity index (χ3n) is 6.53. The van der Waals surface area contributed by atoms with Crippen molar-refractivity contribution in [3.05, 3.63) is 96.1 Å². The average Bonchev–Trinajstić information content (AvgIpc) is 3.28. The van der Waals surface area contributed by atoms with Gasteiger partial charge in [-0.3, -0.25) is 4.98 Å². The second kappa shape index (κ2) is 11.4. The summed E-state index contributed by atoms with van der Waals surface area (Å²) in [4.78, 5) is 19.9. The lowest BCUT2D eigenvalue weighted by molar-refractivity contribution is 0.0525. The molecule has 3 heterocycles. The fourth-order valence-corrected chi connectivity index (χ4v) is 4.91. The van der Waals surface area contributed by atoms with Gasteiger partial charge in [-0.15, -0.1) is 0 Å². The molecule has 0 amide bonds. The van der Waals surface area contributed by atoms with Gasteiger partial charge in [0, 0.05) is 53.3 Å². The van der Waals surface area contributed by atoms with Crippen molar-refractivity contribution in [3.63, 3.8) is 0 Å². The molecule has 0 bridgehead atoms. The second-order valence-electron chi connectivity index (χ2n) is 9.47. The first kappa shape index (κ1) is 26.1. The molecule has 0 unspecified atom stereocenters. The van der Waals surface area contributed by atoms with Crippen molar-refractivity contribution < 1.29 is 19.4 Å². The fraction of sp³-hybridized carbons (Fsp3) is 0.226. The molecule has 2 aromatic carbocycles. The van der Waals surface area contributed by atoms with Gasteiger partial charge in [-0.1, -0.05) is 24.3 Å². The standard InChI is InChI=1S/C31H32N4O4/c1-4-38-31(37)29-27(20-39-23-10-6-5-7-11-23)35(22-12-15-32-16-13-22)26-17-24(21-9-8-14-33-18-21)30(36)25(28(26)29)19-34(2)3/h5-15,17-18,32,36H,4,16,19-20H2,1-3H3. The smallest absolute Gasteiger partial charge is 0.340 e. The number of ether oxygens (including phenoxy) is 2. The van der Waals surface area contributed by atoms with Crippen molar-refractivity contribution in [3.8, 4) is 22.6 Å². The molecule has 4 aromatic rings. The summed E-state index contributed by atoms with van der Waals surface area (Å²) < 4.78 is 13.8. The van der Waals surface area contributed by atoms with E-state index in [-0.39, 0.29) is 19.0 Å². The summed E-state index contributed by atoms with van der Waals surface area (Å²) in [6, 6.07) is 15.2. The lowest BCUT2D eigenvalue weighted by atomic mass is 9.96. The molecule has 39 heavy (non-hydrogen) atoms. The normalized spacial score (nSPS) is 12.9. The summed E-state index contributed by atoms with van der Waals surface area (Å²) in [6.07, 6.45) is 9.33. The van der Waals surface area contributed by atoms with Crippen LogP contribution in [-0.4, -0.2) is 52.8 Å². The summed E-state index contributed by atoms with van der Waals surface area (Å²) in [7, 11) is 3.86. The molecule has 0 saturated carbocycles. The van der Waals surface area contributed by atoms with Crippen molar-refractivity contribution in [2.75, 3.05) is 27.2 Å². The number of carbonyl (C=O) groups is 1. The number of phenolic OH excluding ortho intramolecular Hbond substituents is 1. The topological polar surface area (TPSA) is 88.8 Å². The Labute approximate surface area is 227 Å². The lowest BCUT2D eigenvalue weighted by Gasteiger charge is -2.18. The van der Waals surface area contributed by atoms with Crippen molar-refractivity contribution in [1.29, 1.82) is 0 Å². The summed E-state index contributed by atoms with van der Waals surface area (Å²) in [5.74, 6) is 0.337. The number of nitrogens with one attached hydrogen (secondary N) is 1. The number of hydrogen-bond donors (Lipinski definition) is 2. The first-order valence-electron chi connectivity index (χ1n) is 12.9. The van der Waals surface area contributed by atoms with Crippen LogP contribution in [-0.2, 0) is 17.9 Å². The Morgan fingerprint density at radius 2 is 2.00 bits per heavy atom. The van der Waals surface area contributed by atoms with Crippen LogP contribution in [0.25, 0.3) is 27.7 Å². The Balaban J connectivity index is 1.86. The molecule has 2 N–H and O–H groups in total. The zero-order chi connectivity index (χ0) is 27.4. The SMILES string of the molecule is CCOC(=O)c1c(COc2ccccc2)n(C2=CCNC=C2)c2cc(-c3cccnc3)c(O)c(CN(C)C)c12. The molecule has 0 aliphatic carbocycles. The van der Waals surface area contributed by atoms with Gasteiger partial charge in [0.15, 0.2) is 0 Å². The summed E-state index contributed by atoms with van der Waals surface area (Å²) >= 11 is 0. The van der Waals surface area contributed by atoms with Gasteiger partial charge in [0.25, 0.3) is 0 Å². The van der Waals surface area contributed by atoms with Crippen LogP contribution in [0.2, 0.25) is 0 Å². The molecule has 0 fully saturated rings. The molecule has 0 atom stereocenters. The Kier molecular flexibility index (Phi) is 7.65. The molecule has 200 valence electrons. The predicted octanol–water partition coefficient (Wildman–Crippen LogP) is 5.18. The number of nitrogens with zero attached hydrogens (tertiary/aromatic N) is 3. The molecule has 0 radical (unpaired) electrons. The number of aromatic nitrogens is 2. The van der Waals surface area contributed by atoms with E-state index in [1.54, 1.807) is 19.3 Å². The summed E-state index contributed by atoms with van der Waals surface area (Å²) in [6.45, 7) is 3.17. The molecule has 0 spiro atoms. The van der Waals surface area contributed by atoms with Crippen LogP contribution in [0.3, 0.4) is 0 Å². The number of carbonyl (C=O) groups excluding carboxylic acids is 1. The number of dihydropyridines is 1. The maximum absolute atomic E-state index is 13.6. The Morgan fingerprint density at radius 3 is 2.67 bits per heavy atom. The maximum atomic E-state index is 13.6.